The Morgan fingerprint density at radius 2 is 2.33 bits per heavy atom. The molecule has 6 heteroatoms. The quantitative estimate of drug-likeness (QED) is 0.769. The maximum atomic E-state index is 11.5. The molecule has 0 N–H and O–H groups in total. The summed E-state index contributed by atoms with van der Waals surface area (Å²) in [6.07, 6.45) is 1.60. The van der Waals surface area contributed by atoms with Crippen LogP contribution in [0.1, 0.15) is 17.4 Å². The summed E-state index contributed by atoms with van der Waals surface area (Å²) in [6.45, 7) is 2.01. The molecule has 2 aromatic rings. The molecule has 0 saturated heterocycles. The summed E-state index contributed by atoms with van der Waals surface area (Å²) in [5.41, 5.74) is 0.751. The van der Waals surface area contributed by atoms with Crippen molar-refractivity contribution in [3.63, 3.8) is 0 Å². The highest BCUT2D eigenvalue weighted by atomic mass is 16.5. The van der Waals surface area contributed by atoms with E-state index in [1.165, 1.54) is 13.2 Å². The number of methoxy groups -OCH3 is 1. The number of hydrogen-bond acceptors (Lipinski definition) is 6. The minimum Gasteiger partial charge on any atom is -0.480 e. The maximum Gasteiger partial charge on any atom is 0.360 e. The average Bonchev–Trinajstić information content (AvgIpc) is 2.88. The van der Waals surface area contributed by atoms with Crippen molar-refractivity contribution in [3.8, 4) is 17.2 Å². The number of nitrogens with zero attached hydrogens (tertiary/aromatic N) is 2. The van der Waals surface area contributed by atoms with E-state index in [0.29, 0.717) is 17.2 Å². The fourth-order valence-corrected chi connectivity index (χ4v) is 1.44. The van der Waals surface area contributed by atoms with Gasteiger partial charge in [0.2, 0.25) is 5.88 Å². The number of aromatic nitrogens is 2. The van der Waals surface area contributed by atoms with Crippen LogP contribution in [-0.4, -0.2) is 29.8 Å². The lowest BCUT2D eigenvalue weighted by Gasteiger charge is -2.02. The molecule has 2 aromatic heterocycles. The summed E-state index contributed by atoms with van der Waals surface area (Å²) in [5, 5.41) is 3.65. The molecule has 0 saturated carbocycles. The van der Waals surface area contributed by atoms with Gasteiger partial charge in [0.05, 0.1) is 19.3 Å². The Morgan fingerprint density at radius 1 is 1.50 bits per heavy atom. The third kappa shape index (κ3) is 2.32. The number of pyridine rings is 1. The zero-order valence-electron chi connectivity index (χ0n) is 10.0. The van der Waals surface area contributed by atoms with Gasteiger partial charge in [-0.25, -0.2) is 9.78 Å². The summed E-state index contributed by atoms with van der Waals surface area (Å²) in [4.78, 5) is 15.5. The third-order valence-electron chi connectivity index (χ3n) is 2.22. The number of esters is 1. The van der Waals surface area contributed by atoms with Crippen LogP contribution in [0.5, 0.6) is 5.88 Å². The summed E-state index contributed by atoms with van der Waals surface area (Å²) in [7, 11) is 1.51. The number of carbonyl (C=O) groups excluding carboxylic acids is 1. The minimum atomic E-state index is -0.518. The van der Waals surface area contributed by atoms with Crippen LogP contribution in [0.4, 0.5) is 0 Å². The molecule has 0 aromatic carbocycles. The molecule has 18 heavy (non-hydrogen) atoms. The highest BCUT2D eigenvalue weighted by Gasteiger charge is 2.17. The number of hydrogen-bond donors (Lipinski definition) is 0. The van der Waals surface area contributed by atoms with Gasteiger partial charge in [-0.05, 0) is 19.1 Å². The van der Waals surface area contributed by atoms with E-state index >= 15 is 0 Å². The lowest BCUT2D eigenvalue weighted by atomic mass is 10.2. The van der Waals surface area contributed by atoms with Crippen molar-refractivity contribution in [1.29, 1.82) is 0 Å². The summed E-state index contributed by atoms with van der Waals surface area (Å²) < 4.78 is 15.0. The van der Waals surface area contributed by atoms with Crippen LogP contribution >= 0.6 is 0 Å². The van der Waals surface area contributed by atoms with Crippen molar-refractivity contribution in [3.05, 3.63) is 30.1 Å². The van der Waals surface area contributed by atoms with E-state index < -0.39 is 5.97 Å². The smallest absolute Gasteiger partial charge is 0.360 e. The van der Waals surface area contributed by atoms with Gasteiger partial charge < -0.3 is 14.0 Å². The molecule has 0 spiro atoms. The van der Waals surface area contributed by atoms with Gasteiger partial charge in [-0.15, -0.1) is 0 Å². The van der Waals surface area contributed by atoms with Crippen molar-refractivity contribution >= 4 is 5.97 Å². The summed E-state index contributed by atoms with van der Waals surface area (Å²) in [6, 6.07) is 5.00. The SMILES string of the molecule is CCOC(=O)c1cc(-c2cccnc2OC)on1. The van der Waals surface area contributed by atoms with Gasteiger partial charge >= 0.3 is 5.97 Å². The Morgan fingerprint density at radius 3 is 3.06 bits per heavy atom. The summed E-state index contributed by atoms with van der Waals surface area (Å²) in [5.74, 6) is 0.294. The van der Waals surface area contributed by atoms with E-state index in [0.717, 1.165) is 0 Å². The molecule has 0 aliphatic carbocycles. The molecule has 94 valence electrons. The highest BCUT2D eigenvalue weighted by Crippen LogP contribution is 2.27. The van der Waals surface area contributed by atoms with Crippen molar-refractivity contribution in [1.82, 2.24) is 10.1 Å². The first-order valence-electron chi connectivity index (χ1n) is 5.39. The minimum absolute atomic E-state index is 0.123. The molecule has 0 amide bonds. The number of carbonyl (C=O) groups is 1. The molecule has 0 unspecified atom stereocenters. The fourth-order valence-electron chi connectivity index (χ4n) is 1.44. The Labute approximate surface area is 104 Å². The molecule has 0 fully saturated rings. The van der Waals surface area contributed by atoms with Crippen molar-refractivity contribution < 1.29 is 18.8 Å². The number of rotatable bonds is 4. The van der Waals surface area contributed by atoms with Gasteiger partial charge in [0.25, 0.3) is 0 Å². The predicted octanol–water partition coefficient (Wildman–Crippen LogP) is 1.92. The van der Waals surface area contributed by atoms with Crippen LogP contribution in [0.15, 0.2) is 28.9 Å². The summed E-state index contributed by atoms with van der Waals surface area (Å²) >= 11 is 0. The average molecular weight is 248 g/mol. The van der Waals surface area contributed by atoms with Crippen LogP contribution in [0.25, 0.3) is 11.3 Å². The predicted molar refractivity (Wildman–Crippen MR) is 62.2 cm³/mol. The maximum absolute atomic E-state index is 11.5. The highest BCUT2D eigenvalue weighted by molar-refractivity contribution is 5.88. The zero-order valence-corrected chi connectivity index (χ0v) is 10.0. The van der Waals surface area contributed by atoms with Gasteiger partial charge in [0.15, 0.2) is 11.5 Å². The molecule has 0 radical (unpaired) electrons. The molecule has 0 aliphatic heterocycles. The second-order valence-corrected chi connectivity index (χ2v) is 3.36. The molecule has 6 nitrogen and oxygen atoms in total. The first kappa shape index (κ1) is 12.1. The van der Waals surface area contributed by atoms with Gasteiger partial charge in [0.1, 0.15) is 0 Å². The standard InChI is InChI=1S/C12H12N2O4/c1-3-17-12(15)9-7-10(18-14-9)8-5-4-6-13-11(8)16-2/h4-7H,3H2,1-2H3. The van der Waals surface area contributed by atoms with Crippen LogP contribution in [0.3, 0.4) is 0 Å². The van der Waals surface area contributed by atoms with E-state index in [2.05, 4.69) is 10.1 Å². The Kier molecular flexibility index (Phi) is 3.57. The van der Waals surface area contributed by atoms with Crippen LogP contribution < -0.4 is 4.74 Å². The van der Waals surface area contributed by atoms with E-state index in [4.69, 9.17) is 14.0 Å². The molecular formula is C12H12N2O4. The second-order valence-electron chi connectivity index (χ2n) is 3.36. The van der Waals surface area contributed by atoms with Gasteiger partial charge in [-0.2, -0.15) is 0 Å². The van der Waals surface area contributed by atoms with Crippen LogP contribution in [-0.2, 0) is 4.74 Å². The molecule has 0 bridgehead atoms. The first-order chi connectivity index (χ1) is 8.76. The largest absolute Gasteiger partial charge is 0.480 e. The lowest BCUT2D eigenvalue weighted by molar-refractivity contribution is 0.0514. The fraction of sp³-hybridized carbons (Fsp3) is 0.250. The lowest BCUT2D eigenvalue weighted by Crippen LogP contribution is -2.04. The van der Waals surface area contributed by atoms with Gasteiger partial charge in [-0.3, -0.25) is 0 Å². The van der Waals surface area contributed by atoms with Crippen LogP contribution in [0, 0.1) is 0 Å². The number of ether oxygens (including phenoxy) is 2. The first-order valence-corrected chi connectivity index (χ1v) is 5.39. The molecular weight excluding hydrogens is 236 g/mol. The van der Waals surface area contributed by atoms with Crippen molar-refractivity contribution in [2.75, 3.05) is 13.7 Å². The van der Waals surface area contributed by atoms with E-state index in [-0.39, 0.29) is 12.3 Å². The van der Waals surface area contributed by atoms with E-state index in [9.17, 15) is 4.79 Å². The van der Waals surface area contributed by atoms with Gasteiger partial charge in [-0.1, -0.05) is 5.16 Å². The Balaban J connectivity index is 2.32. The van der Waals surface area contributed by atoms with E-state index in [1.54, 1.807) is 25.3 Å². The molecule has 2 heterocycles. The van der Waals surface area contributed by atoms with Crippen molar-refractivity contribution in [2.45, 2.75) is 6.92 Å². The molecule has 2 rings (SSSR count). The Hall–Kier alpha value is -2.37. The molecule has 0 atom stereocenters. The van der Waals surface area contributed by atoms with Crippen LogP contribution in [0.2, 0.25) is 0 Å². The second kappa shape index (κ2) is 5.31. The normalized spacial score (nSPS) is 10.1. The molecule has 0 aliphatic rings. The van der Waals surface area contributed by atoms with E-state index in [1.807, 2.05) is 0 Å². The third-order valence-corrected chi connectivity index (χ3v) is 2.22. The van der Waals surface area contributed by atoms with Gasteiger partial charge in [0, 0.05) is 12.3 Å². The van der Waals surface area contributed by atoms with Crippen molar-refractivity contribution in [2.24, 2.45) is 0 Å². The Bertz CT molecular complexity index is 551. The topological polar surface area (TPSA) is 74.5 Å². The zero-order chi connectivity index (χ0) is 13.0. The monoisotopic (exact) mass is 248 g/mol.